The lowest BCUT2D eigenvalue weighted by Gasteiger charge is -2.28. The summed E-state index contributed by atoms with van der Waals surface area (Å²) in [5.74, 6) is -1.81. The number of nitrogens with zero attached hydrogens (tertiary/aromatic N) is 1. The highest BCUT2D eigenvalue weighted by Crippen LogP contribution is 2.39. The standard InChI is InChI=1S/C28H25N3O6/c32-23-14-21(28(36)37-23)30-26(34)22-13-17-8-3-7-16-11-12-20(27(35)31(22)24(16)17)29-25(33)19-10-4-6-15-5-1-2-9-18(15)19/h1-10,20-22,28,36H,11-14H2,(H,29,33)(H,30,34)/t20-,21-,22?,28?/m0/s1. The summed E-state index contributed by atoms with van der Waals surface area (Å²) < 4.78 is 4.73. The SMILES string of the molecule is O=C1C[C@H](NC(=O)C2Cc3cccc4c3N2C(=O)[C@@H](NC(=O)c2cccc3ccccc23)CC4)C(O)O1. The topological polar surface area (TPSA) is 125 Å². The Morgan fingerprint density at radius 3 is 2.49 bits per heavy atom. The van der Waals surface area contributed by atoms with E-state index in [1.807, 2.05) is 48.5 Å². The Balaban J connectivity index is 1.28. The van der Waals surface area contributed by atoms with E-state index in [0.29, 0.717) is 30.5 Å². The van der Waals surface area contributed by atoms with Crippen LogP contribution in [0.2, 0.25) is 0 Å². The number of nitrogens with one attached hydrogen (secondary N) is 2. The molecule has 0 spiro atoms. The maximum absolute atomic E-state index is 13.9. The zero-order valence-corrected chi connectivity index (χ0v) is 19.8. The number of cyclic esters (lactones) is 1. The van der Waals surface area contributed by atoms with Crippen molar-refractivity contribution in [2.75, 3.05) is 4.90 Å². The van der Waals surface area contributed by atoms with Crippen molar-refractivity contribution in [1.82, 2.24) is 10.6 Å². The van der Waals surface area contributed by atoms with Crippen molar-refractivity contribution in [3.8, 4) is 0 Å². The average molecular weight is 500 g/mol. The summed E-state index contributed by atoms with van der Waals surface area (Å²) >= 11 is 0. The molecule has 2 unspecified atom stereocenters. The Bertz CT molecular complexity index is 1450. The Morgan fingerprint density at radius 1 is 0.919 bits per heavy atom. The van der Waals surface area contributed by atoms with E-state index in [9.17, 15) is 24.3 Å². The van der Waals surface area contributed by atoms with E-state index in [-0.39, 0.29) is 18.2 Å². The van der Waals surface area contributed by atoms with E-state index in [1.54, 1.807) is 12.1 Å². The van der Waals surface area contributed by atoms with Crippen LogP contribution in [0.5, 0.6) is 0 Å². The number of fused-ring (bicyclic) bond motifs is 1. The van der Waals surface area contributed by atoms with Gasteiger partial charge in [0, 0.05) is 12.0 Å². The average Bonchev–Trinajstić information content (AvgIpc) is 3.40. The normalized spacial score (nSPS) is 24.4. The zero-order valence-electron chi connectivity index (χ0n) is 19.8. The predicted molar refractivity (Wildman–Crippen MR) is 134 cm³/mol. The molecule has 4 atom stereocenters. The highest BCUT2D eigenvalue weighted by molar-refractivity contribution is 6.11. The molecule has 3 aliphatic heterocycles. The van der Waals surface area contributed by atoms with E-state index in [0.717, 1.165) is 21.9 Å². The molecule has 0 radical (unpaired) electrons. The van der Waals surface area contributed by atoms with Crippen LogP contribution in [0.25, 0.3) is 10.8 Å². The van der Waals surface area contributed by atoms with Crippen molar-refractivity contribution in [3.63, 3.8) is 0 Å². The monoisotopic (exact) mass is 499 g/mol. The van der Waals surface area contributed by atoms with Gasteiger partial charge in [0.25, 0.3) is 5.91 Å². The van der Waals surface area contributed by atoms with Gasteiger partial charge in [0.05, 0.1) is 12.1 Å². The minimum Gasteiger partial charge on any atom is -0.434 e. The van der Waals surface area contributed by atoms with Gasteiger partial charge in [0.1, 0.15) is 18.1 Å². The lowest BCUT2D eigenvalue weighted by Crippen LogP contribution is -2.56. The van der Waals surface area contributed by atoms with Crippen molar-refractivity contribution in [2.24, 2.45) is 0 Å². The third-order valence-electron chi connectivity index (χ3n) is 7.36. The Hall–Kier alpha value is -4.24. The molecule has 3 heterocycles. The second-order valence-corrected chi connectivity index (χ2v) is 9.64. The molecule has 6 rings (SSSR count). The van der Waals surface area contributed by atoms with Crippen molar-refractivity contribution in [2.45, 2.75) is 50.1 Å². The molecule has 3 aromatic carbocycles. The highest BCUT2D eigenvalue weighted by Gasteiger charge is 2.45. The molecule has 0 bridgehead atoms. The summed E-state index contributed by atoms with van der Waals surface area (Å²) in [4.78, 5) is 53.5. The first-order valence-corrected chi connectivity index (χ1v) is 12.3. The molecule has 3 amide bonds. The minimum atomic E-state index is -1.43. The summed E-state index contributed by atoms with van der Waals surface area (Å²) in [6.45, 7) is 0. The molecule has 0 aromatic heterocycles. The predicted octanol–water partition coefficient (Wildman–Crippen LogP) is 1.59. The van der Waals surface area contributed by atoms with E-state index in [4.69, 9.17) is 4.74 Å². The van der Waals surface area contributed by atoms with E-state index < -0.39 is 36.3 Å². The summed E-state index contributed by atoms with van der Waals surface area (Å²) in [5.41, 5.74) is 2.98. The molecule has 3 aliphatic rings. The van der Waals surface area contributed by atoms with Crippen LogP contribution in [-0.2, 0) is 32.0 Å². The molecular formula is C28H25N3O6. The van der Waals surface area contributed by atoms with Crippen LogP contribution in [0.3, 0.4) is 0 Å². The van der Waals surface area contributed by atoms with Crippen LogP contribution in [0.1, 0.15) is 34.3 Å². The summed E-state index contributed by atoms with van der Waals surface area (Å²) in [7, 11) is 0. The van der Waals surface area contributed by atoms with Crippen molar-refractivity contribution in [1.29, 1.82) is 0 Å². The lowest BCUT2D eigenvalue weighted by molar-refractivity contribution is -0.155. The Labute approximate surface area is 212 Å². The van der Waals surface area contributed by atoms with Crippen LogP contribution in [0.15, 0.2) is 60.7 Å². The first-order chi connectivity index (χ1) is 17.9. The number of ether oxygens (including phenoxy) is 1. The Morgan fingerprint density at radius 2 is 1.68 bits per heavy atom. The van der Waals surface area contributed by atoms with Crippen LogP contribution in [0, 0.1) is 0 Å². The van der Waals surface area contributed by atoms with E-state index >= 15 is 0 Å². The third-order valence-corrected chi connectivity index (χ3v) is 7.36. The van der Waals surface area contributed by atoms with Crippen LogP contribution in [0.4, 0.5) is 5.69 Å². The molecule has 188 valence electrons. The summed E-state index contributed by atoms with van der Waals surface area (Å²) in [5, 5.41) is 17.2. The van der Waals surface area contributed by atoms with E-state index in [2.05, 4.69) is 10.6 Å². The zero-order chi connectivity index (χ0) is 25.7. The van der Waals surface area contributed by atoms with Gasteiger partial charge in [-0.25, -0.2) is 0 Å². The molecule has 1 fully saturated rings. The van der Waals surface area contributed by atoms with Gasteiger partial charge in [0.15, 0.2) is 0 Å². The largest absolute Gasteiger partial charge is 0.434 e. The minimum absolute atomic E-state index is 0.143. The number of carbonyl (C=O) groups excluding carboxylic acids is 4. The number of anilines is 1. The molecule has 37 heavy (non-hydrogen) atoms. The molecule has 0 saturated carbocycles. The fourth-order valence-electron chi connectivity index (χ4n) is 5.58. The number of aliphatic hydroxyl groups excluding tert-OH is 1. The number of amides is 3. The first kappa shape index (κ1) is 23.2. The molecule has 3 aromatic rings. The number of esters is 1. The van der Waals surface area contributed by atoms with Gasteiger partial charge in [-0.05, 0) is 40.8 Å². The van der Waals surface area contributed by atoms with Crippen molar-refractivity contribution in [3.05, 3.63) is 77.4 Å². The molecule has 0 aliphatic carbocycles. The van der Waals surface area contributed by atoms with E-state index in [1.165, 1.54) is 4.90 Å². The van der Waals surface area contributed by atoms with Gasteiger partial charge in [-0.1, -0.05) is 54.6 Å². The van der Waals surface area contributed by atoms with Gasteiger partial charge in [0.2, 0.25) is 18.1 Å². The summed E-state index contributed by atoms with van der Waals surface area (Å²) in [6, 6.07) is 16.2. The number of aryl methyl sites for hydroxylation is 1. The molecule has 9 nitrogen and oxygen atoms in total. The molecule has 9 heteroatoms. The first-order valence-electron chi connectivity index (χ1n) is 12.3. The van der Waals surface area contributed by atoms with Crippen LogP contribution < -0.4 is 15.5 Å². The fraction of sp³-hybridized carbons (Fsp3) is 0.286. The number of para-hydroxylation sites is 1. The quantitative estimate of drug-likeness (QED) is 0.469. The van der Waals surface area contributed by atoms with Crippen molar-refractivity contribution >= 4 is 40.2 Å². The number of hydrogen-bond donors (Lipinski definition) is 3. The smallest absolute Gasteiger partial charge is 0.310 e. The molecule has 1 saturated heterocycles. The third kappa shape index (κ3) is 4.01. The summed E-state index contributed by atoms with van der Waals surface area (Å²) in [6.07, 6.45) is -0.328. The second kappa shape index (κ2) is 9.01. The number of rotatable bonds is 4. The van der Waals surface area contributed by atoms with Gasteiger partial charge in [-0.3, -0.25) is 24.1 Å². The second-order valence-electron chi connectivity index (χ2n) is 9.64. The number of benzene rings is 3. The number of aliphatic hydroxyl groups is 1. The molecule has 3 N–H and O–H groups in total. The van der Waals surface area contributed by atoms with Crippen LogP contribution in [-0.4, -0.2) is 53.2 Å². The Kier molecular flexibility index (Phi) is 5.64. The van der Waals surface area contributed by atoms with Gasteiger partial charge < -0.3 is 20.5 Å². The maximum atomic E-state index is 13.9. The number of hydrogen-bond acceptors (Lipinski definition) is 6. The fourth-order valence-corrected chi connectivity index (χ4v) is 5.58. The van der Waals surface area contributed by atoms with Gasteiger partial charge >= 0.3 is 5.97 Å². The highest BCUT2D eigenvalue weighted by atomic mass is 16.6. The number of carbonyl (C=O) groups is 4. The van der Waals surface area contributed by atoms with Crippen LogP contribution >= 0.6 is 0 Å². The lowest BCUT2D eigenvalue weighted by atomic mass is 10.0. The maximum Gasteiger partial charge on any atom is 0.310 e. The van der Waals surface area contributed by atoms with Gasteiger partial charge in [-0.15, -0.1) is 0 Å². The van der Waals surface area contributed by atoms with Gasteiger partial charge in [-0.2, -0.15) is 0 Å². The molecular weight excluding hydrogens is 474 g/mol. The van der Waals surface area contributed by atoms with Crippen molar-refractivity contribution < 1.29 is 29.0 Å².